The van der Waals surface area contributed by atoms with Gasteiger partial charge in [-0.3, -0.25) is 0 Å². The summed E-state index contributed by atoms with van der Waals surface area (Å²) in [6.07, 6.45) is 2.13. The molecular weight excluding hydrogens is 238 g/mol. The van der Waals surface area contributed by atoms with Crippen LogP contribution in [0.15, 0.2) is 18.2 Å². The Morgan fingerprint density at radius 2 is 2.11 bits per heavy atom. The van der Waals surface area contributed by atoms with Crippen LogP contribution in [0, 0.1) is 0 Å². The number of nitrogens with zero attached hydrogens (tertiary/aromatic N) is 2. The van der Waals surface area contributed by atoms with Crippen LogP contribution in [0.2, 0.25) is 0 Å². The molecule has 0 spiro atoms. The molecule has 19 heavy (non-hydrogen) atoms. The molecule has 1 aromatic carbocycles. The summed E-state index contributed by atoms with van der Waals surface area (Å²) in [5.41, 5.74) is 2.21. The number of benzene rings is 1. The van der Waals surface area contributed by atoms with Gasteiger partial charge >= 0.3 is 0 Å². The number of aryl methyl sites for hydroxylation is 1. The fourth-order valence-corrected chi connectivity index (χ4v) is 2.33. The maximum atomic E-state index is 5.26. The second kappa shape index (κ2) is 6.57. The van der Waals surface area contributed by atoms with Crippen LogP contribution in [0.4, 0.5) is 0 Å². The van der Waals surface area contributed by atoms with Gasteiger partial charge in [0.2, 0.25) is 0 Å². The van der Waals surface area contributed by atoms with Crippen LogP contribution in [0.1, 0.15) is 26.1 Å². The van der Waals surface area contributed by atoms with Gasteiger partial charge in [-0.1, -0.05) is 6.92 Å². The van der Waals surface area contributed by atoms with Crippen molar-refractivity contribution in [1.82, 2.24) is 14.9 Å². The summed E-state index contributed by atoms with van der Waals surface area (Å²) >= 11 is 0. The Bertz CT molecular complexity index is 533. The lowest BCUT2D eigenvalue weighted by Crippen LogP contribution is -2.19. The minimum Gasteiger partial charge on any atom is -0.497 e. The molecule has 0 bridgehead atoms. The van der Waals surface area contributed by atoms with E-state index < -0.39 is 0 Å². The standard InChI is InChI=1S/C15H23N3O/c1-4-9-16-10-8-15-17-13-11-12(19-3)6-7-14(13)18(15)5-2/h6-7,11,16H,4-5,8-10H2,1-3H3. The third-order valence-corrected chi connectivity index (χ3v) is 3.30. The van der Waals surface area contributed by atoms with Crippen molar-refractivity contribution in [3.05, 3.63) is 24.0 Å². The third kappa shape index (κ3) is 3.07. The molecule has 1 heterocycles. The molecule has 104 valence electrons. The first-order valence-corrected chi connectivity index (χ1v) is 7.04. The molecule has 0 saturated heterocycles. The van der Waals surface area contributed by atoms with E-state index in [1.54, 1.807) is 7.11 Å². The van der Waals surface area contributed by atoms with E-state index in [1.807, 2.05) is 12.1 Å². The highest BCUT2D eigenvalue weighted by molar-refractivity contribution is 5.77. The lowest BCUT2D eigenvalue weighted by molar-refractivity contribution is 0.415. The van der Waals surface area contributed by atoms with Crippen molar-refractivity contribution in [1.29, 1.82) is 0 Å². The van der Waals surface area contributed by atoms with Crippen LogP contribution in [-0.4, -0.2) is 29.8 Å². The van der Waals surface area contributed by atoms with Crippen LogP contribution in [0.5, 0.6) is 5.75 Å². The van der Waals surface area contributed by atoms with Gasteiger partial charge in [-0.15, -0.1) is 0 Å². The summed E-state index contributed by atoms with van der Waals surface area (Å²) < 4.78 is 7.54. The van der Waals surface area contributed by atoms with E-state index in [2.05, 4.69) is 29.8 Å². The number of aromatic nitrogens is 2. The topological polar surface area (TPSA) is 39.1 Å². The van der Waals surface area contributed by atoms with Crippen molar-refractivity contribution in [2.45, 2.75) is 33.2 Å². The Labute approximate surface area is 114 Å². The summed E-state index contributed by atoms with van der Waals surface area (Å²) in [5.74, 6) is 2.01. The second-order valence-corrected chi connectivity index (χ2v) is 4.63. The SMILES string of the molecule is CCCNCCc1nc2cc(OC)ccc2n1CC. The highest BCUT2D eigenvalue weighted by atomic mass is 16.5. The van der Waals surface area contributed by atoms with Crippen molar-refractivity contribution < 1.29 is 4.74 Å². The third-order valence-electron chi connectivity index (χ3n) is 3.30. The van der Waals surface area contributed by atoms with Gasteiger partial charge in [0.1, 0.15) is 11.6 Å². The maximum absolute atomic E-state index is 5.26. The normalized spacial score (nSPS) is 11.1. The largest absolute Gasteiger partial charge is 0.497 e. The van der Waals surface area contributed by atoms with Gasteiger partial charge in [-0.2, -0.15) is 0 Å². The van der Waals surface area contributed by atoms with Gasteiger partial charge in [0.15, 0.2) is 0 Å². The van der Waals surface area contributed by atoms with E-state index in [0.29, 0.717) is 0 Å². The summed E-state index contributed by atoms with van der Waals surface area (Å²) in [4.78, 5) is 4.73. The summed E-state index contributed by atoms with van der Waals surface area (Å²) in [6, 6.07) is 6.09. The highest BCUT2D eigenvalue weighted by Crippen LogP contribution is 2.21. The molecule has 1 aromatic heterocycles. The Morgan fingerprint density at radius 3 is 2.79 bits per heavy atom. The van der Waals surface area contributed by atoms with Crippen molar-refractivity contribution in [2.75, 3.05) is 20.2 Å². The van der Waals surface area contributed by atoms with E-state index >= 15 is 0 Å². The predicted octanol–water partition coefficient (Wildman–Crippen LogP) is 2.61. The molecule has 0 aliphatic carbocycles. The monoisotopic (exact) mass is 261 g/mol. The van der Waals surface area contributed by atoms with E-state index in [9.17, 15) is 0 Å². The molecule has 0 unspecified atom stereocenters. The molecule has 4 nitrogen and oxygen atoms in total. The first kappa shape index (κ1) is 13.9. The van der Waals surface area contributed by atoms with Gasteiger partial charge in [0.25, 0.3) is 0 Å². The van der Waals surface area contributed by atoms with E-state index in [-0.39, 0.29) is 0 Å². The number of fused-ring (bicyclic) bond motifs is 1. The molecule has 4 heteroatoms. The lowest BCUT2D eigenvalue weighted by atomic mass is 10.3. The van der Waals surface area contributed by atoms with E-state index in [4.69, 9.17) is 9.72 Å². The zero-order valence-corrected chi connectivity index (χ0v) is 12.1. The van der Waals surface area contributed by atoms with Gasteiger partial charge in [0.05, 0.1) is 18.1 Å². The van der Waals surface area contributed by atoms with Crippen molar-refractivity contribution in [2.24, 2.45) is 0 Å². The quantitative estimate of drug-likeness (QED) is 0.779. The number of hydrogen-bond donors (Lipinski definition) is 1. The van der Waals surface area contributed by atoms with Crippen molar-refractivity contribution in [3.8, 4) is 5.75 Å². The van der Waals surface area contributed by atoms with Crippen LogP contribution < -0.4 is 10.1 Å². The molecule has 2 aromatic rings. The van der Waals surface area contributed by atoms with Crippen LogP contribution in [0.3, 0.4) is 0 Å². The molecule has 0 aliphatic heterocycles. The molecule has 0 amide bonds. The number of hydrogen-bond acceptors (Lipinski definition) is 3. The number of nitrogens with one attached hydrogen (secondary N) is 1. The van der Waals surface area contributed by atoms with Crippen LogP contribution in [-0.2, 0) is 13.0 Å². The Morgan fingerprint density at radius 1 is 1.26 bits per heavy atom. The molecule has 0 saturated carbocycles. The summed E-state index contributed by atoms with van der Waals surface area (Å²) in [7, 11) is 1.69. The van der Waals surface area contributed by atoms with Gasteiger partial charge in [-0.05, 0) is 32.0 Å². The molecule has 1 N–H and O–H groups in total. The Kier molecular flexibility index (Phi) is 4.80. The van der Waals surface area contributed by atoms with Crippen molar-refractivity contribution in [3.63, 3.8) is 0 Å². The first-order chi connectivity index (χ1) is 9.30. The summed E-state index contributed by atoms with van der Waals surface area (Å²) in [6.45, 7) is 7.34. The van der Waals surface area contributed by atoms with Gasteiger partial charge in [0, 0.05) is 25.6 Å². The number of methoxy groups -OCH3 is 1. The number of imidazole rings is 1. The van der Waals surface area contributed by atoms with Crippen LogP contribution in [0.25, 0.3) is 11.0 Å². The summed E-state index contributed by atoms with van der Waals surface area (Å²) in [5, 5.41) is 3.42. The molecule has 0 atom stereocenters. The molecular formula is C15H23N3O. The Balaban J connectivity index is 2.22. The zero-order chi connectivity index (χ0) is 13.7. The second-order valence-electron chi connectivity index (χ2n) is 4.63. The highest BCUT2D eigenvalue weighted by Gasteiger charge is 2.09. The minimum absolute atomic E-state index is 0.865. The van der Waals surface area contributed by atoms with Crippen LogP contribution >= 0.6 is 0 Å². The van der Waals surface area contributed by atoms with Gasteiger partial charge in [-0.25, -0.2) is 4.98 Å². The molecule has 2 rings (SSSR count). The molecule has 0 radical (unpaired) electrons. The van der Waals surface area contributed by atoms with Crippen molar-refractivity contribution >= 4 is 11.0 Å². The first-order valence-electron chi connectivity index (χ1n) is 7.04. The van der Waals surface area contributed by atoms with E-state index in [1.165, 1.54) is 11.9 Å². The predicted molar refractivity (Wildman–Crippen MR) is 78.8 cm³/mol. The maximum Gasteiger partial charge on any atom is 0.121 e. The number of rotatable bonds is 7. The average molecular weight is 261 g/mol. The molecule has 0 aliphatic rings. The fourth-order valence-electron chi connectivity index (χ4n) is 2.33. The zero-order valence-electron chi connectivity index (χ0n) is 12.1. The lowest BCUT2D eigenvalue weighted by Gasteiger charge is -2.06. The smallest absolute Gasteiger partial charge is 0.121 e. The average Bonchev–Trinajstić information content (AvgIpc) is 2.79. The minimum atomic E-state index is 0.865. The fraction of sp³-hybridized carbons (Fsp3) is 0.533. The number of ether oxygens (including phenoxy) is 1. The Hall–Kier alpha value is -1.55. The van der Waals surface area contributed by atoms with E-state index in [0.717, 1.165) is 43.1 Å². The van der Waals surface area contributed by atoms with Gasteiger partial charge < -0.3 is 14.6 Å². The molecule has 0 fully saturated rings.